The van der Waals surface area contributed by atoms with Gasteiger partial charge < -0.3 is 24.0 Å². The van der Waals surface area contributed by atoms with Crippen LogP contribution in [0.4, 0.5) is 0 Å². The number of carboxylic acids is 1. The van der Waals surface area contributed by atoms with Crippen molar-refractivity contribution in [2.45, 2.75) is 18.9 Å². The molecule has 1 fully saturated rings. The monoisotopic (exact) mass is 296 g/mol. The number of rotatable bonds is 8. The van der Waals surface area contributed by atoms with Gasteiger partial charge >= 0.3 is 5.97 Å². The van der Waals surface area contributed by atoms with Crippen molar-refractivity contribution >= 4 is 5.97 Å². The Balaban J connectivity index is 1.73. The average molecular weight is 296 g/mol. The highest BCUT2D eigenvalue weighted by molar-refractivity contribution is 5.85. The molecule has 6 nitrogen and oxygen atoms in total. The molecule has 2 rings (SSSR count). The van der Waals surface area contributed by atoms with Crippen LogP contribution in [0.3, 0.4) is 0 Å². The molecule has 1 aromatic heterocycles. The Morgan fingerprint density at radius 2 is 2.10 bits per heavy atom. The Bertz CT molecular complexity index is 439. The quantitative estimate of drug-likeness (QED) is 0.736. The third-order valence-corrected chi connectivity index (χ3v) is 3.93. The predicted octanol–water partition coefficient (Wildman–Crippen LogP) is 1.49. The van der Waals surface area contributed by atoms with Gasteiger partial charge in [-0.2, -0.15) is 0 Å². The number of methoxy groups -OCH3 is 1. The zero-order valence-corrected chi connectivity index (χ0v) is 12.5. The fraction of sp³-hybridized carbons (Fsp3) is 0.667. The smallest absolute Gasteiger partial charge is 0.352 e. The minimum Gasteiger partial charge on any atom is -0.477 e. The second kappa shape index (κ2) is 8.17. The average Bonchev–Trinajstić information content (AvgIpc) is 2.97. The molecule has 1 saturated heterocycles. The Labute approximate surface area is 125 Å². The third kappa shape index (κ3) is 4.56. The number of hydrogen-bond donors (Lipinski definition) is 1. The summed E-state index contributed by atoms with van der Waals surface area (Å²) in [7, 11) is 1.67. The molecular weight excluding hydrogens is 272 g/mol. The maximum absolute atomic E-state index is 11.2. The normalized spacial score (nSPS) is 17.2. The topological polar surface area (TPSA) is 63.9 Å². The van der Waals surface area contributed by atoms with Crippen molar-refractivity contribution in [3.8, 4) is 0 Å². The molecule has 1 aromatic rings. The first-order valence-corrected chi connectivity index (χ1v) is 7.41. The number of hydrogen-bond acceptors (Lipinski definition) is 4. The van der Waals surface area contributed by atoms with E-state index in [-0.39, 0.29) is 6.04 Å². The van der Waals surface area contributed by atoms with E-state index < -0.39 is 5.97 Å². The number of piperidine rings is 1. The number of carboxylic acid groups (broad SMARTS) is 1. The van der Waals surface area contributed by atoms with E-state index in [1.165, 1.54) is 0 Å². The molecule has 0 unspecified atom stereocenters. The van der Waals surface area contributed by atoms with Crippen LogP contribution in [0.2, 0.25) is 0 Å². The van der Waals surface area contributed by atoms with Crippen LogP contribution in [0.5, 0.6) is 0 Å². The number of nitrogens with zero attached hydrogens (tertiary/aromatic N) is 2. The van der Waals surface area contributed by atoms with Crippen molar-refractivity contribution in [3.63, 3.8) is 0 Å². The van der Waals surface area contributed by atoms with Gasteiger partial charge in [-0.05, 0) is 25.0 Å². The summed E-state index contributed by atoms with van der Waals surface area (Å²) in [5, 5.41) is 9.17. The van der Waals surface area contributed by atoms with Crippen molar-refractivity contribution in [3.05, 3.63) is 24.0 Å². The largest absolute Gasteiger partial charge is 0.477 e. The van der Waals surface area contributed by atoms with Gasteiger partial charge in [0.15, 0.2) is 0 Å². The number of aromatic nitrogens is 1. The van der Waals surface area contributed by atoms with Gasteiger partial charge in [0.1, 0.15) is 5.69 Å². The molecule has 2 heterocycles. The molecule has 1 aliphatic rings. The van der Waals surface area contributed by atoms with E-state index in [4.69, 9.17) is 14.6 Å². The van der Waals surface area contributed by atoms with Crippen LogP contribution in [0.25, 0.3) is 0 Å². The summed E-state index contributed by atoms with van der Waals surface area (Å²) in [5.41, 5.74) is 0.386. The summed E-state index contributed by atoms with van der Waals surface area (Å²) in [6.07, 6.45) is 3.83. The van der Waals surface area contributed by atoms with E-state index in [9.17, 15) is 4.79 Å². The summed E-state index contributed by atoms with van der Waals surface area (Å²) >= 11 is 0. The Kier molecular flexibility index (Phi) is 6.22. The lowest BCUT2D eigenvalue weighted by molar-refractivity contribution is 0.0510. The highest BCUT2D eigenvalue weighted by Crippen LogP contribution is 2.24. The summed E-state index contributed by atoms with van der Waals surface area (Å²) in [5.74, 6) is -0.853. The first kappa shape index (κ1) is 16.0. The summed E-state index contributed by atoms with van der Waals surface area (Å²) in [6, 6.07) is 3.76. The van der Waals surface area contributed by atoms with Gasteiger partial charge in [0.25, 0.3) is 0 Å². The summed E-state index contributed by atoms with van der Waals surface area (Å²) in [6.45, 7) is 4.88. The Hall–Kier alpha value is -1.37. The van der Waals surface area contributed by atoms with Crippen LogP contribution in [0.15, 0.2) is 18.3 Å². The van der Waals surface area contributed by atoms with Gasteiger partial charge in [0.2, 0.25) is 0 Å². The predicted molar refractivity (Wildman–Crippen MR) is 78.8 cm³/mol. The molecule has 1 aliphatic heterocycles. The second-order valence-corrected chi connectivity index (χ2v) is 5.28. The third-order valence-electron chi connectivity index (χ3n) is 3.93. The highest BCUT2D eigenvalue weighted by Gasteiger charge is 2.22. The van der Waals surface area contributed by atoms with Crippen LogP contribution >= 0.6 is 0 Å². The van der Waals surface area contributed by atoms with E-state index >= 15 is 0 Å². The number of aromatic carboxylic acids is 1. The van der Waals surface area contributed by atoms with Gasteiger partial charge in [0.05, 0.1) is 19.8 Å². The molecule has 21 heavy (non-hydrogen) atoms. The molecular formula is C15H24N2O4. The van der Waals surface area contributed by atoms with Gasteiger partial charge in [-0.15, -0.1) is 0 Å². The Morgan fingerprint density at radius 1 is 1.33 bits per heavy atom. The zero-order valence-electron chi connectivity index (χ0n) is 12.5. The molecule has 0 saturated carbocycles. The second-order valence-electron chi connectivity index (χ2n) is 5.28. The van der Waals surface area contributed by atoms with Gasteiger partial charge in [0, 0.05) is 39.0 Å². The molecule has 0 bridgehead atoms. The zero-order chi connectivity index (χ0) is 15.1. The Morgan fingerprint density at radius 3 is 2.76 bits per heavy atom. The lowest BCUT2D eigenvalue weighted by atomic mass is 10.0. The van der Waals surface area contributed by atoms with Gasteiger partial charge in [-0.25, -0.2) is 4.79 Å². The van der Waals surface area contributed by atoms with E-state index in [0.717, 1.165) is 39.1 Å². The van der Waals surface area contributed by atoms with Crippen LogP contribution in [-0.4, -0.2) is 67.1 Å². The number of carbonyl (C=O) groups is 1. The van der Waals surface area contributed by atoms with Crippen molar-refractivity contribution < 1.29 is 19.4 Å². The fourth-order valence-corrected chi connectivity index (χ4v) is 2.75. The summed E-state index contributed by atoms with van der Waals surface area (Å²) in [4.78, 5) is 13.5. The minimum atomic E-state index is -0.853. The van der Waals surface area contributed by atoms with E-state index in [2.05, 4.69) is 4.90 Å². The number of likely N-dealkylation sites (tertiary alicyclic amines) is 1. The molecule has 0 aliphatic carbocycles. The van der Waals surface area contributed by atoms with Crippen molar-refractivity contribution in [1.29, 1.82) is 0 Å². The highest BCUT2D eigenvalue weighted by atomic mass is 16.5. The SMILES string of the molecule is COCCOCCN1CCC(n2cccc2C(=O)O)CC1. The molecule has 118 valence electrons. The van der Waals surface area contributed by atoms with Crippen LogP contribution in [0.1, 0.15) is 29.4 Å². The maximum Gasteiger partial charge on any atom is 0.352 e. The lowest BCUT2D eigenvalue weighted by Gasteiger charge is -2.33. The summed E-state index contributed by atoms with van der Waals surface area (Å²) < 4.78 is 12.3. The van der Waals surface area contributed by atoms with Crippen LogP contribution < -0.4 is 0 Å². The first-order valence-electron chi connectivity index (χ1n) is 7.41. The standard InChI is InChI=1S/C15H24N2O4/c1-20-11-12-21-10-9-16-7-4-13(5-8-16)17-6-2-3-14(17)15(18)19/h2-3,6,13H,4-5,7-12H2,1H3,(H,18,19). The molecule has 0 amide bonds. The van der Waals surface area contributed by atoms with Gasteiger partial charge in [-0.3, -0.25) is 0 Å². The van der Waals surface area contributed by atoms with Crippen LogP contribution in [-0.2, 0) is 9.47 Å². The van der Waals surface area contributed by atoms with Crippen molar-refractivity contribution in [1.82, 2.24) is 9.47 Å². The molecule has 0 aromatic carbocycles. The lowest BCUT2D eigenvalue weighted by Crippen LogP contribution is -2.37. The first-order chi connectivity index (χ1) is 10.2. The number of ether oxygens (including phenoxy) is 2. The van der Waals surface area contributed by atoms with E-state index in [1.54, 1.807) is 19.2 Å². The molecule has 0 radical (unpaired) electrons. The van der Waals surface area contributed by atoms with Crippen molar-refractivity contribution in [2.24, 2.45) is 0 Å². The molecule has 1 N–H and O–H groups in total. The van der Waals surface area contributed by atoms with E-state index in [1.807, 2.05) is 10.8 Å². The maximum atomic E-state index is 11.2. The van der Waals surface area contributed by atoms with E-state index in [0.29, 0.717) is 18.9 Å². The fourth-order valence-electron chi connectivity index (χ4n) is 2.75. The molecule has 0 atom stereocenters. The van der Waals surface area contributed by atoms with Crippen LogP contribution in [0, 0.1) is 0 Å². The minimum absolute atomic E-state index is 0.289. The van der Waals surface area contributed by atoms with Crippen molar-refractivity contribution in [2.75, 3.05) is 46.6 Å². The van der Waals surface area contributed by atoms with Gasteiger partial charge in [-0.1, -0.05) is 0 Å². The molecule has 0 spiro atoms. The molecule has 6 heteroatoms.